The number of para-hydroxylation sites is 1. The van der Waals surface area contributed by atoms with Gasteiger partial charge in [0.15, 0.2) is 5.82 Å². The van der Waals surface area contributed by atoms with Crippen LogP contribution in [0.4, 0.5) is 0 Å². The molecule has 4 aromatic heterocycles. The van der Waals surface area contributed by atoms with Gasteiger partial charge in [-0.15, -0.1) is 0 Å². The van der Waals surface area contributed by atoms with E-state index in [1.54, 1.807) is 0 Å². The second-order valence-corrected chi connectivity index (χ2v) is 17.0. The minimum absolute atomic E-state index is 0.655. The van der Waals surface area contributed by atoms with Gasteiger partial charge in [-0.25, -0.2) is 9.67 Å². The van der Waals surface area contributed by atoms with Crippen LogP contribution in [0.3, 0.4) is 0 Å². The molecule has 4 heterocycles. The molecular formula is C61H40N6. The predicted molar refractivity (Wildman–Crippen MR) is 275 cm³/mol. The summed E-state index contributed by atoms with van der Waals surface area (Å²) in [6.07, 6.45) is 6.00. The number of fused-ring (bicyclic) bond motifs is 6. The van der Waals surface area contributed by atoms with Crippen LogP contribution in [0.25, 0.3) is 117 Å². The van der Waals surface area contributed by atoms with Gasteiger partial charge in [0.25, 0.3) is 0 Å². The summed E-state index contributed by atoms with van der Waals surface area (Å²) in [6, 6.07) is 79.6. The summed E-state index contributed by atoms with van der Waals surface area (Å²) in [4.78, 5) is 10.3. The molecule has 13 aromatic rings. The van der Waals surface area contributed by atoms with Crippen molar-refractivity contribution in [1.29, 1.82) is 0 Å². The van der Waals surface area contributed by atoms with E-state index in [2.05, 4.69) is 203 Å². The molecule has 0 radical (unpaired) electrons. The van der Waals surface area contributed by atoms with Crippen LogP contribution in [0.2, 0.25) is 0 Å². The molecule has 0 bridgehead atoms. The largest absolute Gasteiger partial charge is 0.317 e. The lowest BCUT2D eigenvalue weighted by Gasteiger charge is -2.13. The summed E-state index contributed by atoms with van der Waals surface area (Å²) in [6.45, 7) is 0. The van der Waals surface area contributed by atoms with Gasteiger partial charge in [0.2, 0.25) is 0 Å². The van der Waals surface area contributed by atoms with E-state index in [1.807, 2.05) is 53.5 Å². The highest BCUT2D eigenvalue weighted by molar-refractivity contribution is 6.19. The normalized spacial score (nSPS) is 11.6. The molecule has 0 N–H and O–H groups in total. The topological polar surface area (TPSA) is 53.5 Å². The van der Waals surface area contributed by atoms with Gasteiger partial charge in [-0.1, -0.05) is 152 Å². The average molecular weight is 857 g/mol. The summed E-state index contributed by atoms with van der Waals surface area (Å²) in [5.74, 6) is 0.655. The molecular weight excluding hydrogens is 817 g/mol. The van der Waals surface area contributed by atoms with E-state index in [4.69, 9.17) is 15.1 Å². The molecule has 0 amide bonds. The third-order valence-corrected chi connectivity index (χ3v) is 13.0. The number of nitrogens with zero attached hydrogens (tertiary/aromatic N) is 6. The lowest BCUT2D eigenvalue weighted by Crippen LogP contribution is -2.03. The van der Waals surface area contributed by atoms with Crippen molar-refractivity contribution in [2.45, 2.75) is 0 Å². The summed E-state index contributed by atoms with van der Waals surface area (Å²) < 4.78 is 6.61. The average Bonchev–Trinajstić information content (AvgIpc) is 4.13. The zero-order valence-electron chi connectivity index (χ0n) is 36.3. The second-order valence-electron chi connectivity index (χ2n) is 17.0. The Hall–Kier alpha value is -9.13. The first-order chi connectivity index (χ1) is 33.2. The molecule has 0 saturated heterocycles. The Morgan fingerprint density at radius 2 is 0.910 bits per heavy atom. The molecule has 6 heteroatoms. The first-order valence-electron chi connectivity index (χ1n) is 22.6. The minimum Gasteiger partial charge on any atom is -0.317 e. The lowest BCUT2D eigenvalue weighted by atomic mass is 9.98. The van der Waals surface area contributed by atoms with Crippen LogP contribution in [-0.2, 0) is 0 Å². The maximum absolute atomic E-state index is 5.26. The smallest absolute Gasteiger partial charge is 0.173 e. The van der Waals surface area contributed by atoms with Gasteiger partial charge in [-0.2, -0.15) is 5.10 Å². The number of rotatable bonds is 8. The van der Waals surface area contributed by atoms with Gasteiger partial charge in [0.05, 0.1) is 45.8 Å². The molecule has 9 aromatic carbocycles. The summed E-state index contributed by atoms with van der Waals surface area (Å²) in [5.41, 5.74) is 17.3. The van der Waals surface area contributed by atoms with Gasteiger partial charge in [-0.05, 0) is 106 Å². The monoisotopic (exact) mass is 856 g/mol. The fraction of sp³-hybridized carbons (Fsp3) is 0. The highest BCUT2D eigenvalue weighted by Crippen LogP contribution is 2.40. The lowest BCUT2D eigenvalue weighted by molar-refractivity contribution is 0.867. The highest BCUT2D eigenvalue weighted by Gasteiger charge is 2.21. The van der Waals surface area contributed by atoms with Crippen molar-refractivity contribution >= 4 is 43.6 Å². The molecule has 314 valence electrons. The Balaban J connectivity index is 0.928. The molecule has 0 spiro atoms. The molecule has 0 aliphatic heterocycles. The second kappa shape index (κ2) is 15.8. The maximum atomic E-state index is 5.26. The fourth-order valence-electron chi connectivity index (χ4n) is 9.80. The van der Waals surface area contributed by atoms with Crippen molar-refractivity contribution in [1.82, 2.24) is 28.9 Å². The Morgan fingerprint density at radius 1 is 0.343 bits per heavy atom. The fourth-order valence-corrected chi connectivity index (χ4v) is 9.80. The Labute approximate surface area is 386 Å². The van der Waals surface area contributed by atoms with Crippen LogP contribution in [0.15, 0.2) is 243 Å². The third kappa shape index (κ3) is 6.62. The van der Waals surface area contributed by atoms with Gasteiger partial charge < -0.3 is 9.13 Å². The van der Waals surface area contributed by atoms with E-state index < -0.39 is 0 Å². The first kappa shape index (κ1) is 38.3. The number of aromatic nitrogens is 6. The Kier molecular flexibility index (Phi) is 9.06. The molecule has 6 nitrogen and oxygen atoms in total. The zero-order chi connectivity index (χ0) is 44.3. The summed E-state index contributed by atoms with van der Waals surface area (Å²) >= 11 is 0. The Morgan fingerprint density at radius 3 is 1.57 bits per heavy atom. The van der Waals surface area contributed by atoms with E-state index in [-0.39, 0.29) is 0 Å². The molecule has 0 aliphatic carbocycles. The van der Waals surface area contributed by atoms with Crippen molar-refractivity contribution < 1.29 is 0 Å². The van der Waals surface area contributed by atoms with Gasteiger partial charge in [0, 0.05) is 50.2 Å². The molecule has 0 atom stereocenters. The Bertz CT molecular complexity index is 3890. The van der Waals surface area contributed by atoms with Crippen LogP contribution >= 0.6 is 0 Å². The molecule has 0 aliphatic rings. The van der Waals surface area contributed by atoms with E-state index in [9.17, 15) is 0 Å². The quantitative estimate of drug-likeness (QED) is 0.153. The van der Waals surface area contributed by atoms with E-state index in [0.717, 1.165) is 77.9 Å². The van der Waals surface area contributed by atoms with Crippen molar-refractivity contribution in [2.24, 2.45) is 0 Å². The van der Waals surface area contributed by atoms with E-state index >= 15 is 0 Å². The van der Waals surface area contributed by atoms with Crippen molar-refractivity contribution in [3.05, 3.63) is 243 Å². The molecule has 0 unspecified atom stereocenters. The van der Waals surface area contributed by atoms with E-state index in [1.165, 1.54) is 33.0 Å². The first-order valence-corrected chi connectivity index (χ1v) is 22.6. The summed E-state index contributed by atoms with van der Waals surface area (Å²) in [7, 11) is 0. The van der Waals surface area contributed by atoms with Crippen LogP contribution in [-0.4, -0.2) is 28.9 Å². The molecule has 0 saturated carbocycles. The van der Waals surface area contributed by atoms with Crippen molar-refractivity contribution in [3.63, 3.8) is 0 Å². The van der Waals surface area contributed by atoms with Crippen LogP contribution < -0.4 is 0 Å². The minimum atomic E-state index is 0.655. The van der Waals surface area contributed by atoms with Crippen molar-refractivity contribution in [2.75, 3.05) is 0 Å². The zero-order valence-corrected chi connectivity index (χ0v) is 36.3. The number of benzene rings is 9. The molecule has 0 fully saturated rings. The van der Waals surface area contributed by atoms with Crippen molar-refractivity contribution in [3.8, 4) is 73.1 Å². The number of hydrogen-bond acceptors (Lipinski definition) is 3. The highest BCUT2D eigenvalue weighted by atomic mass is 15.3. The number of hydrogen-bond donors (Lipinski definition) is 0. The molecule has 13 rings (SSSR count). The molecule has 67 heavy (non-hydrogen) atoms. The third-order valence-electron chi connectivity index (χ3n) is 13.0. The predicted octanol–water partition coefficient (Wildman–Crippen LogP) is 15.2. The van der Waals surface area contributed by atoms with E-state index in [0.29, 0.717) is 5.82 Å². The van der Waals surface area contributed by atoms with Gasteiger partial charge in [0.1, 0.15) is 0 Å². The standard InChI is InChI=1S/C61H40N6/c1-6-16-41(17-7-1)48-35-49(42-18-8-2-9-19-42)37-51(36-48)65-33-32-47-34-45(26-29-55(47)65)46-27-30-56-53(38-46)52-28-31-57-54(61(52)66(56)50-24-14-5-15-25-50)39-63-67(57)58-40-62-59(43-20-10-3-11-21-43)60(64-58)44-22-12-4-13-23-44/h1-40H. The van der Waals surface area contributed by atoms with Crippen LogP contribution in [0, 0.1) is 0 Å². The SMILES string of the molecule is c1ccc(-c2cc(-c3ccccc3)cc(-n3ccc4cc(-c5ccc6c(c5)c5ccc7c(cnn7-c7cnc(-c8ccccc8)c(-c8ccccc8)n7)c5n6-c5ccccc5)ccc43)c2)cc1. The maximum Gasteiger partial charge on any atom is 0.173 e. The van der Waals surface area contributed by atoms with Gasteiger partial charge >= 0.3 is 0 Å². The van der Waals surface area contributed by atoms with Crippen LogP contribution in [0.5, 0.6) is 0 Å². The van der Waals surface area contributed by atoms with Gasteiger partial charge in [-0.3, -0.25) is 4.98 Å². The summed E-state index contributed by atoms with van der Waals surface area (Å²) in [5, 5.41) is 9.56. The van der Waals surface area contributed by atoms with Crippen LogP contribution in [0.1, 0.15) is 0 Å².